The summed E-state index contributed by atoms with van der Waals surface area (Å²) >= 11 is 9.12. The van der Waals surface area contributed by atoms with Crippen molar-refractivity contribution < 1.29 is 9.47 Å². The Bertz CT molecular complexity index is 320. The van der Waals surface area contributed by atoms with Gasteiger partial charge in [0, 0.05) is 11.4 Å². The predicted molar refractivity (Wildman–Crippen MR) is 61.7 cm³/mol. The molecule has 0 amide bonds. The number of nitrogen functional groups attached to an aromatic ring is 1. The monoisotopic (exact) mass is 279 g/mol. The van der Waals surface area contributed by atoms with Gasteiger partial charge in [0.1, 0.15) is 11.5 Å². The van der Waals surface area contributed by atoms with E-state index in [2.05, 4.69) is 15.9 Å². The van der Waals surface area contributed by atoms with E-state index in [1.54, 1.807) is 19.2 Å². The summed E-state index contributed by atoms with van der Waals surface area (Å²) in [6.45, 7) is 0.551. The van der Waals surface area contributed by atoms with E-state index in [4.69, 9.17) is 26.8 Å². The molecule has 0 aliphatic carbocycles. The van der Waals surface area contributed by atoms with Crippen LogP contribution >= 0.6 is 27.5 Å². The highest BCUT2D eigenvalue weighted by Gasteiger charge is 2.07. The summed E-state index contributed by atoms with van der Waals surface area (Å²) < 4.78 is 10.4. The predicted octanol–water partition coefficient (Wildman–Crippen LogP) is 2.70. The average molecular weight is 281 g/mol. The van der Waals surface area contributed by atoms with Crippen LogP contribution in [0.1, 0.15) is 0 Å². The molecule has 3 nitrogen and oxygen atoms in total. The molecule has 1 rings (SSSR count). The summed E-state index contributed by atoms with van der Waals surface area (Å²) in [6.07, 6.45) is 0. The van der Waals surface area contributed by atoms with Gasteiger partial charge in [-0.25, -0.2) is 0 Å². The third-order valence-electron chi connectivity index (χ3n) is 1.62. The lowest BCUT2D eigenvalue weighted by Crippen LogP contribution is -2.01. The number of halogens is 2. The van der Waals surface area contributed by atoms with Crippen molar-refractivity contribution >= 4 is 33.2 Å². The minimum atomic E-state index is 0.483. The van der Waals surface area contributed by atoms with Crippen molar-refractivity contribution in [1.82, 2.24) is 0 Å². The number of methoxy groups -OCH3 is 1. The van der Waals surface area contributed by atoms with Crippen molar-refractivity contribution in [1.29, 1.82) is 0 Å². The summed E-state index contributed by atoms with van der Waals surface area (Å²) in [6, 6.07) is 3.30. The molecule has 0 heterocycles. The second-order valence-corrected chi connectivity index (χ2v) is 3.76. The van der Waals surface area contributed by atoms with Gasteiger partial charge in [-0.2, -0.15) is 0 Å². The minimum absolute atomic E-state index is 0.483. The molecular formula is C9H11BrClNO2. The lowest BCUT2D eigenvalue weighted by Gasteiger charge is -2.10. The zero-order valence-corrected chi connectivity index (χ0v) is 10.1. The quantitative estimate of drug-likeness (QED) is 0.681. The van der Waals surface area contributed by atoms with Gasteiger partial charge in [0.15, 0.2) is 0 Å². The van der Waals surface area contributed by atoms with Crippen LogP contribution in [0.3, 0.4) is 0 Å². The van der Waals surface area contributed by atoms with Gasteiger partial charge >= 0.3 is 0 Å². The molecule has 0 aliphatic rings. The van der Waals surface area contributed by atoms with Crippen LogP contribution in [-0.4, -0.2) is 19.0 Å². The first kappa shape index (κ1) is 11.5. The van der Waals surface area contributed by atoms with E-state index in [9.17, 15) is 0 Å². The Labute approximate surface area is 96.3 Å². The lowest BCUT2D eigenvalue weighted by atomic mass is 10.3. The average Bonchev–Trinajstić information content (AvgIpc) is 2.17. The molecule has 14 heavy (non-hydrogen) atoms. The molecule has 0 saturated heterocycles. The van der Waals surface area contributed by atoms with Crippen molar-refractivity contribution in [2.24, 2.45) is 0 Å². The molecule has 0 fully saturated rings. The van der Waals surface area contributed by atoms with Gasteiger partial charge in [0.25, 0.3) is 0 Å². The Hall–Kier alpha value is -0.610. The molecule has 2 N–H and O–H groups in total. The fourth-order valence-corrected chi connectivity index (χ4v) is 1.39. The van der Waals surface area contributed by atoms with Gasteiger partial charge < -0.3 is 15.2 Å². The first-order valence-corrected chi connectivity index (χ1v) is 5.50. The molecule has 0 aromatic heterocycles. The SMILES string of the molecule is COc1cc(OCCBr)c(N)cc1Cl. The van der Waals surface area contributed by atoms with Crippen LogP contribution < -0.4 is 15.2 Å². The Morgan fingerprint density at radius 3 is 2.71 bits per heavy atom. The van der Waals surface area contributed by atoms with Crippen molar-refractivity contribution in [3.63, 3.8) is 0 Å². The highest BCUT2D eigenvalue weighted by Crippen LogP contribution is 2.34. The minimum Gasteiger partial charge on any atom is -0.495 e. The summed E-state index contributed by atoms with van der Waals surface area (Å²) in [5.74, 6) is 1.15. The van der Waals surface area contributed by atoms with Gasteiger partial charge in [-0.05, 0) is 6.07 Å². The Kier molecular flexibility index (Phi) is 4.35. The first-order chi connectivity index (χ1) is 6.69. The Morgan fingerprint density at radius 1 is 1.43 bits per heavy atom. The van der Waals surface area contributed by atoms with Crippen LogP contribution in [0, 0.1) is 0 Å². The summed E-state index contributed by atoms with van der Waals surface area (Å²) in [7, 11) is 1.55. The number of benzene rings is 1. The normalized spacial score (nSPS) is 9.93. The van der Waals surface area contributed by atoms with E-state index in [-0.39, 0.29) is 0 Å². The van der Waals surface area contributed by atoms with Gasteiger partial charge in [-0.15, -0.1) is 0 Å². The number of ether oxygens (including phenoxy) is 2. The van der Waals surface area contributed by atoms with Crippen LogP contribution in [0.4, 0.5) is 5.69 Å². The van der Waals surface area contributed by atoms with Crippen LogP contribution in [0.5, 0.6) is 11.5 Å². The van der Waals surface area contributed by atoms with Gasteiger partial charge in [0.05, 0.1) is 24.4 Å². The molecule has 0 spiro atoms. The summed E-state index contributed by atoms with van der Waals surface area (Å²) in [4.78, 5) is 0. The van der Waals surface area contributed by atoms with E-state index in [0.717, 1.165) is 5.33 Å². The molecule has 0 aliphatic heterocycles. The van der Waals surface area contributed by atoms with Crippen LogP contribution in [0.15, 0.2) is 12.1 Å². The number of alkyl halides is 1. The third kappa shape index (κ3) is 2.69. The molecule has 0 unspecified atom stereocenters. The Morgan fingerprint density at radius 2 is 2.14 bits per heavy atom. The van der Waals surface area contributed by atoms with E-state index < -0.39 is 0 Å². The molecule has 1 aromatic carbocycles. The molecule has 1 aromatic rings. The number of rotatable bonds is 4. The maximum atomic E-state index is 5.87. The molecule has 78 valence electrons. The molecule has 0 atom stereocenters. The molecule has 0 saturated carbocycles. The molecular weight excluding hydrogens is 269 g/mol. The van der Waals surface area contributed by atoms with Gasteiger partial charge in [0.2, 0.25) is 0 Å². The van der Waals surface area contributed by atoms with E-state index in [1.807, 2.05) is 0 Å². The van der Waals surface area contributed by atoms with Crippen molar-refractivity contribution in [2.75, 3.05) is 24.8 Å². The standard InChI is InChI=1S/C9H11BrClNO2/c1-13-8-5-9(14-3-2-10)7(12)4-6(8)11/h4-5H,2-3,12H2,1H3. The van der Waals surface area contributed by atoms with Gasteiger partial charge in [-0.1, -0.05) is 27.5 Å². The highest BCUT2D eigenvalue weighted by atomic mass is 79.9. The zero-order valence-electron chi connectivity index (χ0n) is 7.72. The second kappa shape index (κ2) is 5.32. The van der Waals surface area contributed by atoms with Crippen LogP contribution in [0.25, 0.3) is 0 Å². The van der Waals surface area contributed by atoms with E-state index >= 15 is 0 Å². The highest BCUT2D eigenvalue weighted by molar-refractivity contribution is 9.09. The molecule has 0 radical (unpaired) electrons. The smallest absolute Gasteiger partial charge is 0.146 e. The van der Waals surface area contributed by atoms with Crippen molar-refractivity contribution in [2.45, 2.75) is 0 Å². The van der Waals surface area contributed by atoms with Crippen LogP contribution in [0.2, 0.25) is 5.02 Å². The first-order valence-electron chi connectivity index (χ1n) is 4.00. The van der Waals surface area contributed by atoms with Gasteiger partial charge in [-0.3, -0.25) is 0 Å². The number of hydrogen-bond donors (Lipinski definition) is 1. The largest absolute Gasteiger partial charge is 0.495 e. The number of hydrogen-bond acceptors (Lipinski definition) is 3. The third-order valence-corrected chi connectivity index (χ3v) is 2.24. The van der Waals surface area contributed by atoms with E-state index in [1.165, 1.54) is 0 Å². The van der Waals surface area contributed by atoms with E-state index in [0.29, 0.717) is 28.8 Å². The summed E-state index contributed by atoms with van der Waals surface area (Å²) in [5.41, 5.74) is 6.22. The molecule has 5 heteroatoms. The maximum absolute atomic E-state index is 5.87. The van der Waals surface area contributed by atoms with Crippen molar-refractivity contribution in [3.8, 4) is 11.5 Å². The Balaban J connectivity index is 2.92. The number of nitrogens with two attached hydrogens (primary N) is 1. The zero-order chi connectivity index (χ0) is 10.6. The summed E-state index contributed by atoms with van der Waals surface area (Å²) in [5, 5.41) is 1.23. The fourth-order valence-electron chi connectivity index (χ4n) is 0.980. The molecule has 0 bridgehead atoms. The fraction of sp³-hybridized carbons (Fsp3) is 0.333. The second-order valence-electron chi connectivity index (χ2n) is 2.56. The lowest BCUT2D eigenvalue weighted by molar-refractivity contribution is 0.342. The number of anilines is 1. The van der Waals surface area contributed by atoms with Crippen molar-refractivity contribution in [3.05, 3.63) is 17.2 Å². The maximum Gasteiger partial charge on any atom is 0.146 e. The van der Waals surface area contributed by atoms with Crippen LogP contribution in [-0.2, 0) is 0 Å². The topological polar surface area (TPSA) is 44.5 Å².